The highest BCUT2D eigenvalue weighted by molar-refractivity contribution is 6.09. The first-order chi connectivity index (χ1) is 16.8. The molecule has 35 heavy (non-hydrogen) atoms. The van der Waals surface area contributed by atoms with Gasteiger partial charge in [0, 0.05) is 62.0 Å². The molecule has 0 unspecified atom stereocenters. The van der Waals surface area contributed by atoms with E-state index in [1.807, 2.05) is 38.1 Å². The van der Waals surface area contributed by atoms with Gasteiger partial charge in [-0.2, -0.15) is 0 Å². The number of aromatic nitrogens is 1. The molecule has 0 spiro atoms. The lowest BCUT2D eigenvalue weighted by Gasteiger charge is -2.32. The van der Waals surface area contributed by atoms with Crippen molar-refractivity contribution in [2.75, 3.05) is 35.2 Å². The molecule has 3 heterocycles. The third kappa shape index (κ3) is 5.79. The molecular formula is C26H33N7O2. The van der Waals surface area contributed by atoms with Crippen molar-refractivity contribution in [3.8, 4) is 0 Å². The summed E-state index contributed by atoms with van der Waals surface area (Å²) in [7, 11) is 0. The Morgan fingerprint density at radius 3 is 2.54 bits per heavy atom. The number of carbonyl (C=O) groups is 2. The second-order valence-corrected chi connectivity index (χ2v) is 9.18. The predicted octanol–water partition coefficient (Wildman–Crippen LogP) is 2.38. The molecule has 0 saturated carbocycles. The number of piperidine rings is 1. The van der Waals surface area contributed by atoms with E-state index in [2.05, 4.69) is 15.2 Å². The maximum Gasteiger partial charge on any atom is 0.267 e. The summed E-state index contributed by atoms with van der Waals surface area (Å²) in [6.07, 6.45) is 3.86. The van der Waals surface area contributed by atoms with E-state index in [0.29, 0.717) is 38.2 Å². The van der Waals surface area contributed by atoms with Crippen molar-refractivity contribution in [1.82, 2.24) is 10.3 Å². The number of nitrogens with zero attached hydrogens (tertiary/aromatic N) is 4. The average molecular weight is 476 g/mol. The maximum absolute atomic E-state index is 12.9. The smallest absolute Gasteiger partial charge is 0.267 e. The van der Waals surface area contributed by atoms with Gasteiger partial charge in [0.2, 0.25) is 5.91 Å². The number of amides is 2. The summed E-state index contributed by atoms with van der Waals surface area (Å²) in [5.41, 5.74) is 16.3. The van der Waals surface area contributed by atoms with Crippen LogP contribution in [0.25, 0.3) is 0 Å². The van der Waals surface area contributed by atoms with Crippen molar-refractivity contribution in [1.29, 1.82) is 0 Å². The summed E-state index contributed by atoms with van der Waals surface area (Å²) in [6, 6.07) is 11.3. The van der Waals surface area contributed by atoms with Gasteiger partial charge in [0.05, 0.1) is 11.9 Å². The number of nitrogen functional groups attached to an aromatic ring is 1. The van der Waals surface area contributed by atoms with Crippen LogP contribution in [0.15, 0.2) is 58.9 Å². The molecule has 2 amide bonds. The number of nitrogens with one attached hydrogen (secondary N) is 1. The summed E-state index contributed by atoms with van der Waals surface area (Å²) < 4.78 is 0. The zero-order chi connectivity index (χ0) is 24.9. The number of rotatable bonds is 6. The molecule has 0 atom stereocenters. The van der Waals surface area contributed by atoms with Crippen LogP contribution >= 0.6 is 0 Å². The average Bonchev–Trinajstić information content (AvgIpc) is 3.29. The third-order valence-corrected chi connectivity index (χ3v) is 6.17. The van der Waals surface area contributed by atoms with Crippen LogP contribution in [0.3, 0.4) is 0 Å². The number of hydrogen-bond acceptors (Lipinski definition) is 7. The Bertz CT molecular complexity index is 1140. The fourth-order valence-electron chi connectivity index (χ4n) is 4.34. The number of pyridine rings is 1. The Hall–Kier alpha value is -3.88. The molecular weight excluding hydrogens is 442 g/mol. The Labute approximate surface area is 205 Å². The summed E-state index contributed by atoms with van der Waals surface area (Å²) in [6.45, 7) is 6.24. The highest BCUT2D eigenvalue weighted by Crippen LogP contribution is 2.25. The van der Waals surface area contributed by atoms with Crippen molar-refractivity contribution >= 4 is 34.7 Å². The molecule has 2 fully saturated rings. The van der Waals surface area contributed by atoms with E-state index in [1.165, 1.54) is 0 Å². The highest BCUT2D eigenvalue weighted by Gasteiger charge is 2.27. The SMILES string of the molecule is CC(C)N=C1CCN(c2ccc(N3CCCC3=O)cn2)CC1=C(N)C(=O)NCc1ccc(N)cc1. The van der Waals surface area contributed by atoms with E-state index in [9.17, 15) is 9.59 Å². The Morgan fingerprint density at radius 1 is 1.14 bits per heavy atom. The van der Waals surface area contributed by atoms with E-state index in [1.54, 1.807) is 23.2 Å². The van der Waals surface area contributed by atoms with Gasteiger partial charge in [-0.25, -0.2) is 4.98 Å². The van der Waals surface area contributed by atoms with Crippen LogP contribution < -0.4 is 26.6 Å². The molecule has 1 aromatic carbocycles. The number of benzene rings is 1. The molecule has 5 N–H and O–H groups in total. The van der Waals surface area contributed by atoms with Crippen LogP contribution in [0.2, 0.25) is 0 Å². The maximum atomic E-state index is 12.9. The van der Waals surface area contributed by atoms with Gasteiger partial charge >= 0.3 is 0 Å². The fourth-order valence-corrected chi connectivity index (χ4v) is 4.34. The van der Waals surface area contributed by atoms with Crippen LogP contribution in [0.4, 0.5) is 17.2 Å². The highest BCUT2D eigenvalue weighted by atomic mass is 16.2. The summed E-state index contributed by atoms with van der Waals surface area (Å²) >= 11 is 0. The first kappa shape index (κ1) is 24.3. The fraction of sp³-hybridized carbons (Fsp3) is 0.385. The molecule has 0 aliphatic carbocycles. The molecule has 9 heteroatoms. The van der Waals surface area contributed by atoms with E-state index in [0.717, 1.165) is 41.3 Å². The van der Waals surface area contributed by atoms with Gasteiger partial charge in [-0.1, -0.05) is 12.1 Å². The quantitative estimate of drug-likeness (QED) is 0.434. The van der Waals surface area contributed by atoms with E-state index >= 15 is 0 Å². The lowest BCUT2D eigenvalue weighted by molar-refractivity contribution is -0.118. The van der Waals surface area contributed by atoms with Crippen molar-refractivity contribution in [2.45, 2.75) is 45.7 Å². The van der Waals surface area contributed by atoms with Crippen LogP contribution in [0.5, 0.6) is 0 Å². The monoisotopic (exact) mass is 475 g/mol. The van der Waals surface area contributed by atoms with Crippen molar-refractivity contribution < 1.29 is 9.59 Å². The molecule has 0 bridgehead atoms. The largest absolute Gasteiger partial charge is 0.399 e. The minimum absolute atomic E-state index is 0.0904. The third-order valence-electron chi connectivity index (χ3n) is 6.17. The van der Waals surface area contributed by atoms with Gasteiger partial charge in [0.1, 0.15) is 11.5 Å². The topological polar surface area (TPSA) is 130 Å². The minimum atomic E-state index is -0.328. The number of anilines is 3. The molecule has 0 radical (unpaired) electrons. The predicted molar refractivity (Wildman–Crippen MR) is 139 cm³/mol. The number of nitrogens with two attached hydrogens (primary N) is 2. The van der Waals surface area contributed by atoms with E-state index < -0.39 is 0 Å². The lowest BCUT2D eigenvalue weighted by Crippen LogP contribution is -2.40. The van der Waals surface area contributed by atoms with Crippen LogP contribution in [0, 0.1) is 0 Å². The molecule has 1 aromatic heterocycles. The lowest BCUT2D eigenvalue weighted by atomic mass is 9.99. The Morgan fingerprint density at radius 2 is 1.91 bits per heavy atom. The number of hydrogen-bond donors (Lipinski definition) is 3. The van der Waals surface area contributed by atoms with Gasteiger partial charge in [0.15, 0.2) is 0 Å². The van der Waals surface area contributed by atoms with Crippen molar-refractivity contribution in [2.24, 2.45) is 10.7 Å². The molecule has 4 rings (SSSR count). The molecule has 2 aliphatic rings. The Kier molecular flexibility index (Phi) is 7.33. The summed E-state index contributed by atoms with van der Waals surface area (Å²) in [4.78, 5) is 38.2. The van der Waals surface area contributed by atoms with E-state index in [-0.39, 0.29) is 23.6 Å². The van der Waals surface area contributed by atoms with E-state index in [4.69, 9.17) is 16.5 Å². The summed E-state index contributed by atoms with van der Waals surface area (Å²) in [5.74, 6) is 0.581. The van der Waals surface area contributed by atoms with Gasteiger partial charge in [0.25, 0.3) is 5.91 Å². The van der Waals surface area contributed by atoms with Gasteiger partial charge in [-0.15, -0.1) is 0 Å². The first-order valence-electron chi connectivity index (χ1n) is 12.0. The van der Waals surface area contributed by atoms with Crippen molar-refractivity contribution in [3.05, 3.63) is 59.4 Å². The number of carbonyl (C=O) groups excluding carboxylic acids is 2. The van der Waals surface area contributed by atoms with Gasteiger partial charge in [-0.3, -0.25) is 14.6 Å². The van der Waals surface area contributed by atoms with Crippen LogP contribution in [-0.4, -0.2) is 48.2 Å². The summed E-state index contributed by atoms with van der Waals surface area (Å²) in [5, 5.41) is 2.90. The molecule has 2 aromatic rings. The molecule has 2 saturated heterocycles. The van der Waals surface area contributed by atoms with Gasteiger partial charge in [-0.05, 0) is 50.1 Å². The normalized spacial score (nSPS) is 18.9. The van der Waals surface area contributed by atoms with Crippen LogP contribution in [-0.2, 0) is 16.1 Å². The number of aliphatic imine (C=N–C) groups is 1. The molecule has 9 nitrogen and oxygen atoms in total. The second-order valence-electron chi connectivity index (χ2n) is 9.18. The minimum Gasteiger partial charge on any atom is -0.399 e. The Balaban J connectivity index is 1.52. The standard InChI is InChI=1S/C26H33N7O2/c1-17(2)31-22-11-13-32(23-10-9-20(15-29-23)33-12-3-4-24(33)34)16-21(22)25(28)26(35)30-14-18-5-7-19(27)8-6-18/h5-10,15,17H,3-4,11-14,16,27-28H2,1-2H3,(H,30,35). The van der Waals surface area contributed by atoms with Crippen LogP contribution in [0.1, 0.15) is 38.7 Å². The second kappa shape index (κ2) is 10.6. The first-order valence-corrected chi connectivity index (χ1v) is 12.0. The molecule has 2 aliphatic heterocycles. The zero-order valence-corrected chi connectivity index (χ0v) is 20.3. The zero-order valence-electron chi connectivity index (χ0n) is 20.3. The van der Waals surface area contributed by atoms with Gasteiger partial charge < -0.3 is 26.6 Å². The molecule has 184 valence electrons. The van der Waals surface area contributed by atoms with Crippen molar-refractivity contribution in [3.63, 3.8) is 0 Å².